The normalized spacial score (nSPS) is 21.9. The van der Waals surface area contributed by atoms with Gasteiger partial charge in [0.05, 0.1) is 11.6 Å². The summed E-state index contributed by atoms with van der Waals surface area (Å²) < 4.78 is 1.63. The molecule has 6 heteroatoms. The molecule has 1 saturated carbocycles. The molecule has 0 aromatic carbocycles. The molecule has 2 heterocycles. The van der Waals surface area contributed by atoms with Crippen LogP contribution in [0.15, 0.2) is 36.8 Å². The van der Waals surface area contributed by atoms with E-state index in [9.17, 15) is 4.79 Å². The van der Waals surface area contributed by atoms with E-state index in [2.05, 4.69) is 15.4 Å². The lowest BCUT2D eigenvalue weighted by Crippen LogP contribution is -2.34. The number of amides is 1. The minimum absolute atomic E-state index is 0.0311. The van der Waals surface area contributed by atoms with Crippen molar-refractivity contribution in [2.75, 3.05) is 5.32 Å². The third-order valence-corrected chi connectivity index (χ3v) is 3.67. The lowest BCUT2D eigenvalue weighted by atomic mass is 10.0. The summed E-state index contributed by atoms with van der Waals surface area (Å²) in [5, 5.41) is 7.07. The summed E-state index contributed by atoms with van der Waals surface area (Å²) >= 11 is 0. The summed E-state index contributed by atoms with van der Waals surface area (Å²) in [6.07, 6.45) is 7.92. The van der Waals surface area contributed by atoms with Crippen LogP contribution in [-0.2, 0) is 4.79 Å². The number of hydrogen-bond donors (Lipinski definition) is 2. The Kier molecular flexibility index (Phi) is 3.47. The van der Waals surface area contributed by atoms with Crippen molar-refractivity contribution in [2.24, 2.45) is 11.7 Å². The van der Waals surface area contributed by atoms with Gasteiger partial charge in [0.15, 0.2) is 5.82 Å². The first-order chi connectivity index (χ1) is 9.75. The summed E-state index contributed by atoms with van der Waals surface area (Å²) in [6.45, 7) is 0. The van der Waals surface area contributed by atoms with Gasteiger partial charge in [-0.15, -0.1) is 0 Å². The van der Waals surface area contributed by atoms with Crippen LogP contribution < -0.4 is 11.1 Å². The number of carbonyl (C=O) groups excluding carboxylic acids is 1. The van der Waals surface area contributed by atoms with Crippen molar-refractivity contribution in [3.8, 4) is 5.82 Å². The molecule has 3 N–H and O–H groups in total. The van der Waals surface area contributed by atoms with Gasteiger partial charge >= 0.3 is 0 Å². The summed E-state index contributed by atoms with van der Waals surface area (Å²) in [5.41, 5.74) is 6.63. The SMILES string of the molecule is NC1CCCC1C(=O)Nc1cccnc1-n1cccn1. The molecule has 1 fully saturated rings. The van der Waals surface area contributed by atoms with Crippen molar-refractivity contribution >= 4 is 11.6 Å². The number of nitrogens with zero attached hydrogens (tertiary/aromatic N) is 3. The van der Waals surface area contributed by atoms with Crippen molar-refractivity contribution in [2.45, 2.75) is 25.3 Å². The molecule has 0 bridgehead atoms. The number of pyridine rings is 1. The predicted octanol–water partition coefficient (Wildman–Crippen LogP) is 1.33. The first-order valence-electron chi connectivity index (χ1n) is 6.77. The number of nitrogens with one attached hydrogen (secondary N) is 1. The van der Waals surface area contributed by atoms with Crippen LogP contribution in [0.4, 0.5) is 5.69 Å². The molecular weight excluding hydrogens is 254 g/mol. The molecule has 2 unspecified atom stereocenters. The van der Waals surface area contributed by atoms with E-state index in [1.54, 1.807) is 29.3 Å². The van der Waals surface area contributed by atoms with Crippen LogP contribution in [0.2, 0.25) is 0 Å². The largest absolute Gasteiger partial charge is 0.327 e. The number of aromatic nitrogens is 3. The van der Waals surface area contributed by atoms with Crippen LogP contribution in [0, 0.1) is 5.92 Å². The maximum atomic E-state index is 12.3. The van der Waals surface area contributed by atoms with E-state index in [1.165, 1.54) is 0 Å². The molecule has 1 aliphatic carbocycles. The molecule has 6 nitrogen and oxygen atoms in total. The summed E-state index contributed by atoms with van der Waals surface area (Å²) in [5.74, 6) is 0.467. The standard InChI is InChI=1S/C14H17N5O/c15-11-5-1-4-10(11)14(20)18-12-6-2-7-16-13(12)19-9-3-8-17-19/h2-3,6-11H,1,4-5,15H2,(H,18,20). The quantitative estimate of drug-likeness (QED) is 0.882. The Morgan fingerprint density at radius 2 is 2.25 bits per heavy atom. The third kappa shape index (κ3) is 2.42. The van der Waals surface area contributed by atoms with Crippen LogP contribution in [0.1, 0.15) is 19.3 Å². The molecule has 0 spiro atoms. The predicted molar refractivity (Wildman–Crippen MR) is 75.3 cm³/mol. The maximum Gasteiger partial charge on any atom is 0.229 e. The molecule has 2 aromatic heterocycles. The zero-order chi connectivity index (χ0) is 13.9. The Morgan fingerprint density at radius 1 is 1.35 bits per heavy atom. The third-order valence-electron chi connectivity index (χ3n) is 3.67. The zero-order valence-electron chi connectivity index (χ0n) is 11.1. The summed E-state index contributed by atoms with van der Waals surface area (Å²) in [4.78, 5) is 16.6. The highest BCUT2D eigenvalue weighted by molar-refractivity contribution is 5.94. The number of hydrogen-bond acceptors (Lipinski definition) is 4. The molecule has 3 rings (SSSR count). The van der Waals surface area contributed by atoms with Gasteiger partial charge in [-0.05, 0) is 31.0 Å². The van der Waals surface area contributed by atoms with E-state index in [-0.39, 0.29) is 17.9 Å². The van der Waals surface area contributed by atoms with E-state index in [0.29, 0.717) is 11.5 Å². The Labute approximate surface area is 117 Å². The highest BCUT2D eigenvalue weighted by atomic mass is 16.1. The fourth-order valence-corrected chi connectivity index (χ4v) is 2.61. The van der Waals surface area contributed by atoms with Gasteiger partial charge in [0, 0.05) is 24.6 Å². The van der Waals surface area contributed by atoms with Gasteiger partial charge in [-0.1, -0.05) is 6.42 Å². The monoisotopic (exact) mass is 271 g/mol. The molecule has 0 radical (unpaired) electrons. The van der Waals surface area contributed by atoms with Crippen molar-refractivity contribution in [1.29, 1.82) is 0 Å². The maximum absolute atomic E-state index is 12.3. The second-order valence-corrected chi connectivity index (χ2v) is 5.02. The van der Waals surface area contributed by atoms with Gasteiger partial charge in [-0.25, -0.2) is 9.67 Å². The Balaban J connectivity index is 1.83. The number of carbonyl (C=O) groups is 1. The van der Waals surface area contributed by atoms with Crippen molar-refractivity contribution in [1.82, 2.24) is 14.8 Å². The van der Waals surface area contributed by atoms with Gasteiger partial charge in [0.2, 0.25) is 5.91 Å². The second kappa shape index (κ2) is 5.42. The van der Waals surface area contributed by atoms with E-state index in [4.69, 9.17) is 5.73 Å². The molecule has 2 aromatic rings. The lowest BCUT2D eigenvalue weighted by Gasteiger charge is -2.16. The topological polar surface area (TPSA) is 85.8 Å². The van der Waals surface area contributed by atoms with Crippen molar-refractivity contribution in [3.63, 3.8) is 0 Å². The average molecular weight is 271 g/mol. The summed E-state index contributed by atoms with van der Waals surface area (Å²) in [6, 6.07) is 5.38. The fraction of sp³-hybridized carbons (Fsp3) is 0.357. The van der Waals surface area contributed by atoms with Crippen molar-refractivity contribution < 1.29 is 4.79 Å². The average Bonchev–Trinajstić information content (AvgIpc) is 3.10. The first kappa shape index (κ1) is 12.8. The van der Waals surface area contributed by atoms with Crippen LogP contribution in [-0.4, -0.2) is 26.7 Å². The van der Waals surface area contributed by atoms with E-state index < -0.39 is 0 Å². The molecule has 104 valence electrons. The van der Waals surface area contributed by atoms with E-state index >= 15 is 0 Å². The minimum Gasteiger partial charge on any atom is -0.327 e. The second-order valence-electron chi connectivity index (χ2n) is 5.02. The van der Waals surface area contributed by atoms with Crippen LogP contribution in [0.25, 0.3) is 5.82 Å². The highest BCUT2D eigenvalue weighted by Crippen LogP contribution is 2.26. The van der Waals surface area contributed by atoms with Crippen LogP contribution in [0.5, 0.6) is 0 Å². The molecule has 20 heavy (non-hydrogen) atoms. The molecule has 1 amide bonds. The van der Waals surface area contributed by atoms with Gasteiger partial charge in [-0.3, -0.25) is 4.79 Å². The fourth-order valence-electron chi connectivity index (χ4n) is 2.61. The molecule has 0 saturated heterocycles. The van der Waals surface area contributed by atoms with Crippen molar-refractivity contribution in [3.05, 3.63) is 36.8 Å². The molecule has 1 aliphatic rings. The Morgan fingerprint density at radius 3 is 2.95 bits per heavy atom. The number of rotatable bonds is 3. The van der Waals surface area contributed by atoms with Gasteiger partial charge in [0.1, 0.15) is 0 Å². The lowest BCUT2D eigenvalue weighted by molar-refractivity contribution is -0.120. The Hall–Kier alpha value is -2.21. The minimum atomic E-state index is -0.110. The zero-order valence-corrected chi connectivity index (χ0v) is 11.1. The number of anilines is 1. The van der Waals surface area contributed by atoms with Gasteiger partial charge < -0.3 is 11.1 Å². The van der Waals surface area contributed by atoms with Gasteiger partial charge in [0.25, 0.3) is 0 Å². The first-order valence-corrected chi connectivity index (χ1v) is 6.77. The smallest absolute Gasteiger partial charge is 0.229 e. The van der Waals surface area contributed by atoms with E-state index in [0.717, 1.165) is 19.3 Å². The molecule has 2 atom stereocenters. The molecular formula is C14H17N5O. The van der Waals surface area contributed by atoms with Gasteiger partial charge in [-0.2, -0.15) is 5.10 Å². The van der Waals surface area contributed by atoms with Crippen LogP contribution in [0.3, 0.4) is 0 Å². The highest BCUT2D eigenvalue weighted by Gasteiger charge is 2.30. The van der Waals surface area contributed by atoms with E-state index in [1.807, 2.05) is 12.1 Å². The van der Waals surface area contributed by atoms with Crippen LogP contribution >= 0.6 is 0 Å². The summed E-state index contributed by atoms with van der Waals surface area (Å²) in [7, 11) is 0. The number of nitrogens with two attached hydrogens (primary N) is 1. The molecule has 0 aliphatic heterocycles. The Bertz CT molecular complexity index is 595.